The van der Waals surface area contributed by atoms with Crippen molar-refractivity contribution in [2.75, 3.05) is 20.3 Å². The van der Waals surface area contributed by atoms with Crippen molar-refractivity contribution in [2.24, 2.45) is 0 Å². The smallest absolute Gasteiger partial charge is 0.274 e. The van der Waals surface area contributed by atoms with E-state index in [0.29, 0.717) is 18.8 Å². The summed E-state index contributed by atoms with van der Waals surface area (Å²) in [5.41, 5.74) is 2.86. The molecule has 0 fully saturated rings. The van der Waals surface area contributed by atoms with Crippen LogP contribution in [0.3, 0.4) is 0 Å². The van der Waals surface area contributed by atoms with Gasteiger partial charge in [-0.15, -0.1) is 0 Å². The zero-order valence-corrected chi connectivity index (χ0v) is 9.91. The van der Waals surface area contributed by atoms with Gasteiger partial charge in [-0.3, -0.25) is 9.63 Å². The molecule has 0 heterocycles. The number of hydrogen-bond acceptors (Lipinski definition) is 3. The number of ether oxygens (including phenoxy) is 1. The molecule has 0 aliphatic heterocycles. The largest absolute Gasteiger partial charge is 0.382 e. The minimum Gasteiger partial charge on any atom is -0.382 e. The fraction of sp³-hybridized carbons (Fsp3) is 0.300. The van der Waals surface area contributed by atoms with E-state index >= 15 is 0 Å². The van der Waals surface area contributed by atoms with Crippen LogP contribution in [0, 0.1) is 0 Å². The Balaban J connectivity index is 2.40. The fourth-order valence-electron chi connectivity index (χ4n) is 0.930. The number of hydrogen-bond donors (Lipinski definition) is 1. The summed E-state index contributed by atoms with van der Waals surface area (Å²) in [5.74, 6) is -0.271. The zero-order chi connectivity index (χ0) is 11.1. The minimum absolute atomic E-state index is 0.271. The summed E-state index contributed by atoms with van der Waals surface area (Å²) in [6.45, 7) is 0.773. The summed E-state index contributed by atoms with van der Waals surface area (Å²) >= 11 is 3.28. The SMILES string of the molecule is COCCONC(=O)c1cccc(Br)c1. The van der Waals surface area contributed by atoms with Crippen LogP contribution in [0.25, 0.3) is 0 Å². The molecule has 5 heteroatoms. The number of carbonyl (C=O) groups excluding carboxylic acids is 1. The predicted octanol–water partition coefficient (Wildman–Crippen LogP) is 1.76. The van der Waals surface area contributed by atoms with Gasteiger partial charge in [-0.25, -0.2) is 5.48 Å². The van der Waals surface area contributed by atoms with E-state index in [-0.39, 0.29) is 5.91 Å². The second-order valence-electron chi connectivity index (χ2n) is 2.78. The van der Waals surface area contributed by atoms with Gasteiger partial charge in [-0.2, -0.15) is 0 Å². The van der Waals surface area contributed by atoms with Crippen LogP contribution in [0.5, 0.6) is 0 Å². The fourth-order valence-corrected chi connectivity index (χ4v) is 1.33. The summed E-state index contributed by atoms with van der Waals surface area (Å²) in [6.07, 6.45) is 0. The van der Waals surface area contributed by atoms with Crippen LogP contribution >= 0.6 is 15.9 Å². The quantitative estimate of drug-likeness (QED) is 0.657. The molecule has 0 atom stereocenters. The third-order valence-corrected chi connectivity index (χ3v) is 2.13. The maximum absolute atomic E-state index is 11.5. The third-order valence-electron chi connectivity index (χ3n) is 1.64. The van der Waals surface area contributed by atoms with Gasteiger partial charge in [0.15, 0.2) is 0 Å². The van der Waals surface area contributed by atoms with Crippen LogP contribution in [0.4, 0.5) is 0 Å². The van der Waals surface area contributed by atoms with Crippen LogP contribution in [0.2, 0.25) is 0 Å². The summed E-state index contributed by atoms with van der Waals surface area (Å²) in [5, 5.41) is 0. The Kier molecular flexibility index (Phi) is 5.31. The van der Waals surface area contributed by atoms with Crippen molar-refractivity contribution in [2.45, 2.75) is 0 Å². The number of nitrogens with one attached hydrogen (secondary N) is 1. The normalized spacial score (nSPS) is 10.0. The highest BCUT2D eigenvalue weighted by Crippen LogP contribution is 2.11. The number of methoxy groups -OCH3 is 1. The van der Waals surface area contributed by atoms with E-state index < -0.39 is 0 Å². The Hall–Kier alpha value is -0.910. The molecule has 1 aromatic carbocycles. The van der Waals surface area contributed by atoms with Crippen molar-refractivity contribution in [3.8, 4) is 0 Å². The number of halogens is 1. The number of carbonyl (C=O) groups is 1. The highest BCUT2D eigenvalue weighted by molar-refractivity contribution is 9.10. The number of benzene rings is 1. The van der Waals surface area contributed by atoms with E-state index in [1.54, 1.807) is 25.3 Å². The van der Waals surface area contributed by atoms with E-state index in [0.717, 1.165) is 4.47 Å². The zero-order valence-electron chi connectivity index (χ0n) is 8.33. The molecule has 0 spiro atoms. The summed E-state index contributed by atoms with van der Waals surface area (Å²) < 4.78 is 5.62. The average Bonchev–Trinajstić information content (AvgIpc) is 2.24. The van der Waals surface area contributed by atoms with Gasteiger partial charge in [0.2, 0.25) is 0 Å². The lowest BCUT2D eigenvalue weighted by atomic mass is 10.2. The summed E-state index contributed by atoms with van der Waals surface area (Å²) in [4.78, 5) is 16.4. The van der Waals surface area contributed by atoms with Crippen LogP contribution in [0.1, 0.15) is 10.4 Å². The topological polar surface area (TPSA) is 47.6 Å². The van der Waals surface area contributed by atoms with E-state index in [4.69, 9.17) is 9.57 Å². The first-order valence-electron chi connectivity index (χ1n) is 4.40. The van der Waals surface area contributed by atoms with Gasteiger partial charge < -0.3 is 4.74 Å². The Bertz CT molecular complexity index is 330. The minimum atomic E-state index is -0.271. The van der Waals surface area contributed by atoms with Gasteiger partial charge in [-0.05, 0) is 18.2 Å². The molecular weight excluding hydrogens is 262 g/mol. The number of amides is 1. The molecule has 1 amide bonds. The maximum Gasteiger partial charge on any atom is 0.274 e. The Morgan fingerprint density at radius 3 is 2.93 bits per heavy atom. The van der Waals surface area contributed by atoms with Gasteiger partial charge in [-0.1, -0.05) is 22.0 Å². The lowest BCUT2D eigenvalue weighted by Gasteiger charge is -2.05. The molecule has 1 aromatic rings. The first-order valence-corrected chi connectivity index (χ1v) is 5.20. The Morgan fingerprint density at radius 2 is 2.27 bits per heavy atom. The molecule has 0 saturated heterocycles. The Labute approximate surface area is 96.7 Å². The molecule has 0 unspecified atom stereocenters. The molecular formula is C10H12BrNO3. The number of hydroxylamine groups is 1. The molecule has 0 aliphatic carbocycles. The summed E-state index contributed by atoms with van der Waals surface area (Å²) in [7, 11) is 1.57. The van der Waals surface area contributed by atoms with Crippen LogP contribution in [-0.2, 0) is 9.57 Å². The van der Waals surface area contributed by atoms with Crippen molar-refractivity contribution in [3.63, 3.8) is 0 Å². The molecule has 82 valence electrons. The van der Waals surface area contributed by atoms with Crippen molar-refractivity contribution < 1.29 is 14.4 Å². The monoisotopic (exact) mass is 273 g/mol. The van der Waals surface area contributed by atoms with Gasteiger partial charge in [0.25, 0.3) is 5.91 Å². The van der Waals surface area contributed by atoms with Gasteiger partial charge in [0, 0.05) is 17.1 Å². The molecule has 15 heavy (non-hydrogen) atoms. The van der Waals surface area contributed by atoms with Gasteiger partial charge in [0.05, 0.1) is 13.2 Å². The molecule has 0 aliphatic rings. The lowest BCUT2D eigenvalue weighted by molar-refractivity contribution is 0.00888. The molecule has 1 N–H and O–H groups in total. The maximum atomic E-state index is 11.5. The van der Waals surface area contributed by atoms with Crippen molar-refractivity contribution in [3.05, 3.63) is 34.3 Å². The van der Waals surface area contributed by atoms with E-state index in [1.165, 1.54) is 0 Å². The van der Waals surface area contributed by atoms with Crippen molar-refractivity contribution in [1.29, 1.82) is 0 Å². The van der Waals surface area contributed by atoms with Crippen LogP contribution in [-0.4, -0.2) is 26.2 Å². The first-order chi connectivity index (χ1) is 7.24. The van der Waals surface area contributed by atoms with E-state index in [2.05, 4.69) is 21.4 Å². The average molecular weight is 274 g/mol. The number of rotatable bonds is 5. The molecule has 4 nitrogen and oxygen atoms in total. The Morgan fingerprint density at radius 1 is 1.47 bits per heavy atom. The van der Waals surface area contributed by atoms with Crippen molar-refractivity contribution in [1.82, 2.24) is 5.48 Å². The molecule has 0 saturated carbocycles. The van der Waals surface area contributed by atoms with Crippen LogP contribution in [0.15, 0.2) is 28.7 Å². The highest BCUT2D eigenvalue weighted by atomic mass is 79.9. The second kappa shape index (κ2) is 6.55. The van der Waals surface area contributed by atoms with Gasteiger partial charge >= 0.3 is 0 Å². The highest BCUT2D eigenvalue weighted by Gasteiger charge is 2.04. The molecule has 0 bridgehead atoms. The standard InChI is InChI=1S/C10H12BrNO3/c1-14-5-6-15-12-10(13)8-3-2-4-9(11)7-8/h2-4,7H,5-6H2,1H3,(H,12,13). The van der Waals surface area contributed by atoms with E-state index in [9.17, 15) is 4.79 Å². The predicted molar refractivity (Wildman–Crippen MR) is 59.4 cm³/mol. The lowest BCUT2D eigenvalue weighted by Crippen LogP contribution is -2.25. The van der Waals surface area contributed by atoms with Crippen molar-refractivity contribution >= 4 is 21.8 Å². The van der Waals surface area contributed by atoms with Gasteiger partial charge in [0.1, 0.15) is 0 Å². The molecule has 0 aromatic heterocycles. The first kappa shape index (κ1) is 12.2. The second-order valence-corrected chi connectivity index (χ2v) is 3.70. The van der Waals surface area contributed by atoms with E-state index in [1.807, 2.05) is 6.07 Å². The summed E-state index contributed by atoms with van der Waals surface area (Å²) in [6, 6.07) is 7.06. The van der Waals surface area contributed by atoms with Crippen LogP contribution < -0.4 is 5.48 Å². The molecule has 0 radical (unpaired) electrons. The molecule has 1 rings (SSSR count). The third kappa shape index (κ3) is 4.42.